The first-order valence-electron chi connectivity index (χ1n) is 9.12. The van der Waals surface area contributed by atoms with Gasteiger partial charge in [0.2, 0.25) is 0 Å². The number of benzene rings is 3. The lowest BCUT2D eigenvalue weighted by Gasteiger charge is -2.16. The van der Waals surface area contributed by atoms with E-state index >= 15 is 0 Å². The van der Waals surface area contributed by atoms with E-state index in [1.165, 1.54) is 36.4 Å². The van der Waals surface area contributed by atoms with E-state index in [1.807, 2.05) is 6.07 Å². The van der Waals surface area contributed by atoms with Crippen LogP contribution >= 0.6 is 11.6 Å². The topological polar surface area (TPSA) is 75.3 Å². The van der Waals surface area contributed by atoms with E-state index in [9.17, 15) is 17.6 Å². The molecule has 0 saturated carbocycles. The minimum absolute atomic E-state index is 0.142. The second-order valence-corrected chi connectivity index (χ2v) is 8.93. The standard InChI is InChI=1S/C22H20ClFN2O3S/c1-14-10-11-18(30(28,29)26-21-9-4-3-8-20(21)24)13-19(14)22(27)25-15(2)16-6-5-7-17(23)12-16/h3-13,15,26H,1-2H3,(H,25,27). The van der Waals surface area contributed by atoms with Crippen LogP contribution in [0, 0.1) is 12.7 Å². The largest absolute Gasteiger partial charge is 0.346 e. The minimum Gasteiger partial charge on any atom is -0.346 e. The van der Waals surface area contributed by atoms with Crippen molar-refractivity contribution in [3.05, 3.63) is 94.3 Å². The molecule has 0 aromatic heterocycles. The fourth-order valence-electron chi connectivity index (χ4n) is 2.89. The first-order valence-corrected chi connectivity index (χ1v) is 11.0. The van der Waals surface area contributed by atoms with Gasteiger partial charge in [-0.2, -0.15) is 0 Å². The summed E-state index contributed by atoms with van der Waals surface area (Å²) in [5, 5.41) is 3.40. The molecule has 8 heteroatoms. The van der Waals surface area contributed by atoms with Crippen molar-refractivity contribution in [2.45, 2.75) is 24.8 Å². The Morgan fingerprint density at radius 2 is 1.77 bits per heavy atom. The summed E-state index contributed by atoms with van der Waals surface area (Å²) in [5.41, 5.74) is 1.47. The summed E-state index contributed by atoms with van der Waals surface area (Å²) in [6, 6.07) is 16.4. The van der Waals surface area contributed by atoms with Gasteiger partial charge in [0.25, 0.3) is 15.9 Å². The smallest absolute Gasteiger partial charge is 0.262 e. The Hall–Kier alpha value is -2.90. The van der Waals surface area contributed by atoms with E-state index in [0.29, 0.717) is 10.6 Å². The number of carbonyl (C=O) groups excluding carboxylic acids is 1. The van der Waals surface area contributed by atoms with Crippen LogP contribution < -0.4 is 10.0 Å². The lowest BCUT2D eigenvalue weighted by Crippen LogP contribution is -2.27. The third-order valence-electron chi connectivity index (χ3n) is 4.58. The summed E-state index contributed by atoms with van der Waals surface area (Å²) in [6.45, 7) is 3.51. The number of anilines is 1. The van der Waals surface area contributed by atoms with Crippen LogP contribution in [0.3, 0.4) is 0 Å². The Morgan fingerprint density at radius 3 is 2.47 bits per heavy atom. The lowest BCUT2D eigenvalue weighted by molar-refractivity contribution is 0.0939. The highest BCUT2D eigenvalue weighted by atomic mass is 35.5. The Balaban J connectivity index is 1.85. The van der Waals surface area contributed by atoms with E-state index in [2.05, 4.69) is 10.0 Å². The highest BCUT2D eigenvalue weighted by molar-refractivity contribution is 7.92. The van der Waals surface area contributed by atoms with Crippen LogP contribution in [-0.2, 0) is 10.0 Å². The maximum Gasteiger partial charge on any atom is 0.262 e. The number of hydrogen-bond donors (Lipinski definition) is 2. The molecule has 3 aromatic carbocycles. The molecule has 1 atom stereocenters. The van der Waals surface area contributed by atoms with Crippen LogP contribution in [0.2, 0.25) is 5.02 Å². The third-order valence-corrected chi connectivity index (χ3v) is 6.18. The Bertz CT molecular complexity index is 1200. The zero-order valence-corrected chi connectivity index (χ0v) is 17.9. The number of para-hydroxylation sites is 1. The molecule has 0 bridgehead atoms. The van der Waals surface area contributed by atoms with Crippen molar-refractivity contribution in [3.63, 3.8) is 0 Å². The SMILES string of the molecule is Cc1ccc(S(=O)(=O)Nc2ccccc2F)cc1C(=O)NC(C)c1cccc(Cl)c1. The fraction of sp³-hybridized carbons (Fsp3) is 0.136. The Labute approximate surface area is 179 Å². The first-order chi connectivity index (χ1) is 14.2. The second-order valence-electron chi connectivity index (χ2n) is 6.81. The highest BCUT2D eigenvalue weighted by Crippen LogP contribution is 2.22. The average Bonchev–Trinajstić information content (AvgIpc) is 2.69. The van der Waals surface area contributed by atoms with Crippen molar-refractivity contribution in [3.8, 4) is 0 Å². The van der Waals surface area contributed by atoms with Gasteiger partial charge in [-0.3, -0.25) is 9.52 Å². The molecule has 2 N–H and O–H groups in total. The molecule has 0 radical (unpaired) electrons. The van der Waals surface area contributed by atoms with Crippen molar-refractivity contribution in [2.24, 2.45) is 0 Å². The molecule has 0 fully saturated rings. The quantitative estimate of drug-likeness (QED) is 0.554. The highest BCUT2D eigenvalue weighted by Gasteiger charge is 2.20. The van der Waals surface area contributed by atoms with E-state index in [0.717, 1.165) is 11.6 Å². The molecule has 1 amide bonds. The zero-order valence-electron chi connectivity index (χ0n) is 16.3. The van der Waals surface area contributed by atoms with E-state index in [-0.39, 0.29) is 22.2 Å². The summed E-state index contributed by atoms with van der Waals surface area (Å²) in [7, 11) is -4.08. The zero-order chi connectivity index (χ0) is 21.9. The number of rotatable bonds is 6. The number of halogens is 2. The molecule has 0 saturated heterocycles. The monoisotopic (exact) mass is 446 g/mol. The maximum atomic E-state index is 13.8. The molecular formula is C22H20ClFN2O3S. The van der Waals surface area contributed by atoms with Crippen LogP contribution in [0.5, 0.6) is 0 Å². The Morgan fingerprint density at radius 1 is 1.03 bits per heavy atom. The van der Waals surface area contributed by atoms with Gasteiger partial charge in [-0.25, -0.2) is 12.8 Å². The summed E-state index contributed by atoms with van der Waals surface area (Å²) < 4.78 is 41.4. The van der Waals surface area contributed by atoms with Gasteiger partial charge in [0.1, 0.15) is 5.82 Å². The first kappa shape index (κ1) is 21.8. The van der Waals surface area contributed by atoms with Gasteiger partial charge < -0.3 is 5.32 Å². The molecule has 0 aliphatic rings. The van der Waals surface area contributed by atoms with Gasteiger partial charge in [-0.15, -0.1) is 0 Å². The third kappa shape index (κ3) is 4.98. The summed E-state index contributed by atoms with van der Waals surface area (Å²) >= 11 is 6.00. The number of carbonyl (C=O) groups is 1. The van der Waals surface area contributed by atoms with Crippen LogP contribution in [0.15, 0.2) is 71.6 Å². The molecule has 0 aliphatic carbocycles. The average molecular weight is 447 g/mol. The van der Waals surface area contributed by atoms with Gasteiger partial charge in [0, 0.05) is 10.6 Å². The van der Waals surface area contributed by atoms with E-state index in [1.54, 1.807) is 32.0 Å². The second kappa shape index (κ2) is 8.85. The van der Waals surface area contributed by atoms with Crippen molar-refractivity contribution < 1.29 is 17.6 Å². The lowest BCUT2D eigenvalue weighted by atomic mass is 10.1. The number of nitrogens with one attached hydrogen (secondary N) is 2. The molecule has 0 heterocycles. The predicted molar refractivity (Wildman–Crippen MR) is 116 cm³/mol. The summed E-state index contributed by atoms with van der Waals surface area (Å²) in [6.07, 6.45) is 0. The van der Waals surface area contributed by atoms with Gasteiger partial charge in [0.15, 0.2) is 0 Å². The summed E-state index contributed by atoms with van der Waals surface area (Å²) in [5.74, 6) is -1.12. The van der Waals surface area contributed by atoms with Crippen molar-refractivity contribution in [1.82, 2.24) is 5.32 Å². The van der Waals surface area contributed by atoms with Gasteiger partial charge >= 0.3 is 0 Å². The predicted octanol–water partition coefficient (Wildman–Crippen LogP) is 5.08. The van der Waals surface area contributed by atoms with Crippen molar-refractivity contribution in [2.75, 3.05) is 4.72 Å². The van der Waals surface area contributed by atoms with Gasteiger partial charge in [-0.05, 0) is 61.4 Å². The molecular weight excluding hydrogens is 427 g/mol. The van der Waals surface area contributed by atoms with Gasteiger partial charge in [0.05, 0.1) is 16.6 Å². The molecule has 30 heavy (non-hydrogen) atoms. The normalized spacial score (nSPS) is 12.3. The number of sulfonamides is 1. The van der Waals surface area contributed by atoms with Crippen molar-refractivity contribution in [1.29, 1.82) is 0 Å². The van der Waals surface area contributed by atoms with E-state index < -0.39 is 21.7 Å². The molecule has 1 unspecified atom stereocenters. The number of aryl methyl sites for hydroxylation is 1. The minimum atomic E-state index is -4.08. The van der Waals surface area contributed by atoms with E-state index in [4.69, 9.17) is 11.6 Å². The maximum absolute atomic E-state index is 13.8. The van der Waals surface area contributed by atoms with Gasteiger partial charge in [-0.1, -0.05) is 41.9 Å². The van der Waals surface area contributed by atoms with Crippen LogP contribution in [0.25, 0.3) is 0 Å². The fourth-order valence-corrected chi connectivity index (χ4v) is 4.19. The molecule has 0 spiro atoms. The molecule has 156 valence electrons. The van der Waals surface area contributed by atoms with Crippen molar-refractivity contribution >= 4 is 33.2 Å². The Kier molecular flexibility index (Phi) is 6.43. The molecule has 0 aliphatic heterocycles. The molecule has 5 nitrogen and oxygen atoms in total. The molecule has 3 aromatic rings. The number of amides is 1. The molecule has 3 rings (SSSR count). The number of hydrogen-bond acceptors (Lipinski definition) is 3. The van der Waals surface area contributed by atoms with Crippen LogP contribution in [-0.4, -0.2) is 14.3 Å². The van der Waals surface area contributed by atoms with Crippen LogP contribution in [0.1, 0.15) is 34.5 Å². The summed E-state index contributed by atoms with van der Waals surface area (Å²) in [4.78, 5) is 12.7. The van der Waals surface area contributed by atoms with Crippen LogP contribution in [0.4, 0.5) is 10.1 Å².